The van der Waals surface area contributed by atoms with Crippen LogP contribution in [-0.4, -0.2) is 53.8 Å². The van der Waals surface area contributed by atoms with Crippen LogP contribution in [0.4, 0.5) is 0 Å². The molecular weight excluding hydrogens is 456 g/mol. The van der Waals surface area contributed by atoms with Crippen molar-refractivity contribution in [2.75, 3.05) is 26.7 Å². The molecular formula is C28H36N4O4. The zero-order valence-electron chi connectivity index (χ0n) is 21.4. The number of aryl methyl sites for hydroxylation is 1. The third kappa shape index (κ3) is 7.31. The van der Waals surface area contributed by atoms with Crippen molar-refractivity contribution in [3.63, 3.8) is 0 Å². The minimum absolute atomic E-state index is 0.0570. The highest BCUT2D eigenvalue weighted by Gasteiger charge is 2.25. The smallest absolute Gasteiger partial charge is 0.241 e. The van der Waals surface area contributed by atoms with Crippen molar-refractivity contribution in [1.82, 2.24) is 20.4 Å². The average Bonchev–Trinajstić information content (AvgIpc) is 3.35. The van der Waals surface area contributed by atoms with Crippen LogP contribution < -0.4 is 14.8 Å². The molecule has 1 aliphatic rings. The molecule has 8 nitrogen and oxygen atoms in total. The largest absolute Gasteiger partial charge is 0.497 e. The fraction of sp³-hybridized carbons (Fsp3) is 0.464. The number of carbonyl (C=O) groups is 1. The highest BCUT2D eigenvalue weighted by atomic mass is 16.5. The number of hydrogen-bond donors (Lipinski definition) is 1. The predicted molar refractivity (Wildman–Crippen MR) is 138 cm³/mol. The normalized spacial score (nSPS) is 14.7. The van der Waals surface area contributed by atoms with Crippen LogP contribution >= 0.6 is 0 Å². The van der Waals surface area contributed by atoms with Crippen molar-refractivity contribution in [2.45, 2.75) is 52.2 Å². The summed E-state index contributed by atoms with van der Waals surface area (Å²) >= 11 is 0. The molecule has 0 aliphatic carbocycles. The Labute approximate surface area is 213 Å². The number of ether oxygens (including phenoxy) is 2. The number of nitrogens with zero attached hydrogens (tertiary/aromatic N) is 3. The van der Waals surface area contributed by atoms with E-state index in [1.54, 1.807) is 7.11 Å². The molecule has 0 spiro atoms. The Bertz CT molecular complexity index is 1100. The first-order valence-corrected chi connectivity index (χ1v) is 12.7. The minimum atomic E-state index is 0.0570. The summed E-state index contributed by atoms with van der Waals surface area (Å²) in [4.78, 5) is 19.5. The van der Waals surface area contributed by atoms with Crippen LogP contribution in [0.5, 0.6) is 11.5 Å². The van der Waals surface area contributed by atoms with Crippen LogP contribution in [0.15, 0.2) is 53.1 Å². The summed E-state index contributed by atoms with van der Waals surface area (Å²) in [6.07, 6.45) is 3.65. The van der Waals surface area contributed by atoms with Crippen LogP contribution in [-0.2, 0) is 17.8 Å². The van der Waals surface area contributed by atoms with Crippen LogP contribution in [0.2, 0.25) is 0 Å². The first kappa shape index (κ1) is 25.7. The van der Waals surface area contributed by atoms with E-state index >= 15 is 0 Å². The lowest BCUT2D eigenvalue weighted by Gasteiger charge is -2.30. The number of nitrogens with one attached hydrogen (secondary N) is 1. The zero-order chi connectivity index (χ0) is 25.3. The maximum atomic E-state index is 12.7. The molecule has 1 fully saturated rings. The predicted octanol–water partition coefficient (Wildman–Crippen LogP) is 4.49. The summed E-state index contributed by atoms with van der Waals surface area (Å²) in [6.45, 7) is 7.00. The Morgan fingerprint density at radius 1 is 1.14 bits per heavy atom. The van der Waals surface area contributed by atoms with Crippen LogP contribution in [0.1, 0.15) is 44.6 Å². The standard InChI is InChI=1S/C28H36N4O4/c1-20(2)35-25-8-4-6-21(18-25)7-5-15-29-28(33)23-13-16-32(17-14-23)19-26-30-27(31-36-26)22-9-11-24(34-3)12-10-22/h4,6,8-12,18,20,23H,5,7,13-17,19H2,1-3H3,(H,29,33). The van der Waals surface area contributed by atoms with Gasteiger partial charge in [0, 0.05) is 18.0 Å². The first-order chi connectivity index (χ1) is 17.5. The van der Waals surface area contributed by atoms with Gasteiger partial charge in [-0.2, -0.15) is 4.98 Å². The second-order valence-electron chi connectivity index (χ2n) is 9.50. The molecule has 0 bridgehead atoms. The van der Waals surface area contributed by atoms with Gasteiger partial charge >= 0.3 is 0 Å². The Hall–Kier alpha value is -3.39. The van der Waals surface area contributed by atoms with E-state index in [0.29, 0.717) is 24.8 Å². The van der Waals surface area contributed by atoms with E-state index in [9.17, 15) is 4.79 Å². The molecule has 0 atom stereocenters. The highest BCUT2D eigenvalue weighted by Crippen LogP contribution is 2.22. The third-order valence-corrected chi connectivity index (χ3v) is 6.35. The summed E-state index contributed by atoms with van der Waals surface area (Å²) < 4.78 is 16.4. The monoisotopic (exact) mass is 492 g/mol. The molecule has 1 amide bonds. The quantitative estimate of drug-likeness (QED) is 0.394. The van der Waals surface area contributed by atoms with Gasteiger partial charge in [0.2, 0.25) is 17.6 Å². The molecule has 0 radical (unpaired) electrons. The molecule has 36 heavy (non-hydrogen) atoms. The van der Waals surface area contributed by atoms with Gasteiger partial charge in [-0.15, -0.1) is 0 Å². The van der Waals surface area contributed by atoms with Gasteiger partial charge in [-0.25, -0.2) is 0 Å². The van der Waals surface area contributed by atoms with E-state index in [1.165, 1.54) is 5.56 Å². The van der Waals surface area contributed by atoms with Gasteiger partial charge in [0.1, 0.15) is 11.5 Å². The second-order valence-corrected chi connectivity index (χ2v) is 9.50. The van der Waals surface area contributed by atoms with E-state index in [2.05, 4.69) is 32.5 Å². The highest BCUT2D eigenvalue weighted by molar-refractivity contribution is 5.78. The van der Waals surface area contributed by atoms with Gasteiger partial charge < -0.3 is 19.3 Å². The number of aromatic nitrogens is 2. The number of hydrogen-bond acceptors (Lipinski definition) is 7. The number of rotatable bonds is 11. The van der Waals surface area contributed by atoms with Gasteiger partial charge in [-0.1, -0.05) is 17.3 Å². The number of amides is 1. The lowest BCUT2D eigenvalue weighted by atomic mass is 9.96. The molecule has 1 saturated heterocycles. The molecule has 1 aliphatic heterocycles. The topological polar surface area (TPSA) is 89.7 Å². The SMILES string of the molecule is COc1ccc(-c2noc(CN3CCC(C(=O)NCCCc4cccc(OC(C)C)c4)CC3)n2)cc1. The zero-order valence-corrected chi connectivity index (χ0v) is 21.4. The molecule has 2 aromatic carbocycles. The molecule has 2 heterocycles. The molecule has 0 saturated carbocycles. The summed E-state index contributed by atoms with van der Waals surface area (Å²) in [7, 11) is 1.64. The van der Waals surface area contributed by atoms with E-state index in [-0.39, 0.29) is 17.9 Å². The molecule has 1 aromatic heterocycles. The molecule has 0 unspecified atom stereocenters. The Morgan fingerprint density at radius 3 is 2.64 bits per heavy atom. The number of likely N-dealkylation sites (tertiary alicyclic amines) is 1. The summed E-state index contributed by atoms with van der Waals surface area (Å²) in [5, 5.41) is 7.23. The summed E-state index contributed by atoms with van der Waals surface area (Å²) in [5.41, 5.74) is 2.12. The number of carbonyl (C=O) groups excluding carboxylic acids is 1. The molecule has 4 rings (SSSR count). The van der Waals surface area contributed by atoms with Crippen LogP contribution in [0, 0.1) is 5.92 Å². The number of piperidine rings is 1. The number of methoxy groups -OCH3 is 1. The lowest BCUT2D eigenvalue weighted by Crippen LogP contribution is -2.40. The molecule has 3 aromatic rings. The lowest BCUT2D eigenvalue weighted by molar-refractivity contribution is -0.126. The van der Waals surface area contributed by atoms with Crippen molar-refractivity contribution in [3.8, 4) is 22.9 Å². The van der Waals surface area contributed by atoms with Crippen LogP contribution in [0.3, 0.4) is 0 Å². The van der Waals surface area contributed by atoms with E-state index in [0.717, 1.165) is 55.8 Å². The van der Waals surface area contributed by atoms with Crippen molar-refractivity contribution in [3.05, 3.63) is 60.0 Å². The van der Waals surface area contributed by atoms with Gasteiger partial charge in [0.05, 0.1) is 19.8 Å². The van der Waals surface area contributed by atoms with E-state index in [1.807, 2.05) is 50.2 Å². The van der Waals surface area contributed by atoms with E-state index < -0.39 is 0 Å². The van der Waals surface area contributed by atoms with Crippen molar-refractivity contribution >= 4 is 5.91 Å². The molecule has 192 valence electrons. The average molecular weight is 493 g/mol. The Morgan fingerprint density at radius 2 is 1.92 bits per heavy atom. The Balaban J connectivity index is 1.15. The Kier molecular flexibility index (Phi) is 8.95. The van der Waals surface area contributed by atoms with Crippen LogP contribution in [0.25, 0.3) is 11.4 Å². The number of benzene rings is 2. The summed E-state index contributed by atoms with van der Waals surface area (Å²) in [6, 6.07) is 15.8. The van der Waals surface area contributed by atoms with Gasteiger partial charge in [0.25, 0.3) is 0 Å². The van der Waals surface area contributed by atoms with Crippen molar-refractivity contribution in [2.24, 2.45) is 5.92 Å². The van der Waals surface area contributed by atoms with Gasteiger partial charge in [-0.05, 0) is 94.6 Å². The second kappa shape index (κ2) is 12.5. The van der Waals surface area contributed by atoms with Gasteiger partial charge in [-0.3, -0.25) is 9.69 Å². The van der Waals surface area contributed by atoms with Crippen molar-refractivity contribution in [1.29, 1.82) is 0 Å². The fourth-order valence-electron chi connectivity index (χ4n) is 4.42. The fourth-order valence-corrected chi connectivity index (χ4v) is 4.42. The summed E-state index contributed by atoms with van der Waals surface area (Å²) in [5.74, 6) is 3.06. The maximum absolute atomic E-state index is 12.7. The van der Waals surface area contributed by atoms with Gasteiger partial charge in [0.15, 0.2) is 0 Å². The third-order valence-electron chi connectivity index (χ3n) is 6.35. The minimum Gasteiger partial charge on any atom is -0.497 e. The van der Waals surface area contributed by atoms with Crippen molar-refractivity contribution < 1.29 is 18.8 Å². The molecule has 1 N–H and O–H groups in total. The first-order valence-electron chi connectivity index (χ1n) is 12.7. The molecule has 8 heteroatoms. The van der Waals surface area contributed by atoms with E-state index in [4.69, 9.17) is 14.0 Å². The maximum Gasteiger partial charge on any atom is 0.241 e.